The number of aromatic nitrogens is 1. The van der Waals surface area contributed by atoms with Crippen molar-refractivity contribution in [1.82, 2.24) is 15.2 Å². The molecular weight excluding hydrogens is 297 g/mol. The van der Waals surface area contributed by atoms with Crippen LogP contribution in [0.3, 0.4) is 0 Å². The van der Waals surface area contributed by atoms with E-state index in [0.717, 1.165) is 16.5 Å². The monoisotopic (exact) mass is 309 g/mol. The molecule has 20 heavy (non-hydrogen) atoms. The summed E-state index contributed by atoms with van der Waals surface area (Å²) in [5.41, 5.74) is 1.76. The van der Waals surface area contributed by atoms with Crippen LogP contribution in [0.5, 0.6) is 0 Å². The Balaban J connectivity index is 1.98. The zero-order valence-electron chi connectivity index (χ0n) is 10.8. The van der Waals surface area contributed by atoms with Gasteiger partial charge in [-0.15, -0.1) is 0 Å². The van der Waals surface area contributed by atoms with E-state index in [4.69, 9.17) is 23.2 Å². The SMILES string of the molecule is C=C1N[C@H](Cc2c[nH]c3c(Cl)ccc(Cl)c23)C(=O)N1C. The minimum Gasteiger partial charge on any atom is -0.360 e. The maximum atomic E-state index is 12.1. The van der Waals surface area contributed by atoms with Crippen molar-refractivity contribution in [3.63, 3.8) is 0 Å². The molecule has 1 aliphatic rings. The number of hydrogen-bond donors (Lipinski definition) is 2. The molecule has 3 rings (SSSR count). The highest BCUT2D eigenvalue weighted by molar-refractivity contribution is 6.40. The summed E-state index contributed by atoms with van der Waals surface area (Å²) in [4.78, 5) is 16.7. The third kappa shape index (κ3) is 1.96. The smallest absolute Gasteiger partial charge is 0.250 e. The Labute approximate surface area is 126 Å². The first-order valence-corrected chi connectivity index (χ1v) is 6.91. The number of nitrogens with one attached hydrogen (secondary N) is 2. The molecule has 104 valence electrons. The van der Waals surface area contributed by atoms with Gasteiger partial charge in [-0.25, -0.2) is 0 Å². The fraction of sp³-hybridized carbons (Fsp3) is 0.214. The number of carbonyl (C=O) groups is 1. The van der Waals surface area contributed by atoms with Gasteiger partial charge in [-0.3, -0.25) is 4.79 Å². The van der Waals surface area contributed by atoms with E-state index in [-0.39, 0.29) is 11.9 Å². The highest BCUT2D eigenvalue weighted by Gasteiger charge is 2.32. The summed E-state index contributed by atoms with van der Waals surface area (Å²) in [6.45, 7) is 3.80. The first-order valence-electron chi connectivity index (χ1n) is 6.16. The maximum Gasteiger partial charge on any atom is 0.250 e. The van der Waals surface area contributed by atoms with Gasteiger partial charge in [0.1, 0.15) is 11.9 Å². The Morgan fingerprint density at radius 1 is 1.35 bits per heavy atom. The number of fused-ring (bicyclic) bond motifs is 1. The van der Waals surface area contributed by atoms with Gasteiger partial charge in [0.15, 0.2) is 0 Å². The third-order valence-corrected chi connectivity index (χ3v) is 4.24. The van der Waals surface area contributed by atoms with Gasteiger partial charge in [0.2, 0.25) is 0 Å². The van der Waals surface area contributed by atoms with E-state index in [1.54, 1.807) is 19.2 Å². The van der Waals surface area contributed by atoms with Crippen molar-refractivity contribution in [3.8, 4) is 0 Å². The fourth-order valence-corrected chi connectivity index (χ4v) is 2.97. The molecular formula is C14H13Cl2N3O. The zero-order chi connectivity index (χ0) is 14.4. The number of nitrogens with zero attached hydrogens (tertiary/aromatic N) is 1. The number of amides is 1. The van der Waals surface area contributed by atoms with Gasteiger partial charge in [0.25, 0.3) is 5.91 Å². The molecule has 2 N–H and O–H groups in total. The zero-order valence-corrected chi connectivity index (χ0v) is 12.3. The summed E-state index contributed by atoms with van der Waals surface area (Å²) in [7, 11) is 1.71. The van der Waals surface area contributed by atoms with Crippen molar-refractivity contribution in [3.05, 3.63) is 46.3 Å². The molecule has 6 heteroatoms. The largest absolute Gasteiger partial charge is 0.360 e. The second-order valence-electron chi connectivity index (χ2n) is 4.84. The number of hydrogen-bond acceptors (Lipinski definition) is 2. The van der Waals surface area contributed by atoms with Gasteiger partial charge in [0.05, 0.1) is 15.6 Å². The molecule has 1 aromatic heterocycles. The first-order chi connectivity index (χ1) is 9.49. The predicted molar refractivity (Wildman–Crippen MR) is 80.9 cm³/mol. The van der Waals surface area contributed by atoms with Crippen molar-refractivity contribution < 1.29 is 4.79 Å². The van der Waals surface area contributed by atoms with Crippen molar-refractivity contribution in [2.45, 2.75) is 12.5 Å². The summed E-state index contributed by atoms with van der Waals surface area (Å²) in [6, 6.07) is 3.20. The van der Waals surface area contributed by atoms with Crippen LogP contribution in [-0.2, 0) is 11.2 Å². The summed E-state index contributed by atoms with van der Waals surface area (Å²) in [5.74, 6) is 0.617. The number of carbonyl (C=O) groups excluding carboxylic acids is 1. The second-order valence-corrected chi connectivity index (χ2v) is 5.65. The van der Waals surface area contributed by atoms with Gasteiger partial charge >= 0.3 is 0 Å². The lowest BCUT2D eigenvalue weighted by Crippen LogP contribution is -2.30. The molecule has 0 bridgehead atoms. The van der Waals surface area contributed by atoms with E-state index < -0.39 is 0 Å². The molecule has 1 atom stereocenters. The molecule has 4 nitrogen and oxygen atoms in total. The summed E-state index contributed by atoms with van der Waals surface area (Å²) < 4.78 is 0. The molecule has 0 unspecified atom stereocenters. The second kappa shape index (κ2) is 4.72. The van der Waals surface area contributed by atoms with Crippen LogP contribution in [-0.4, -0.2) is 28.9 Å². The molecule has 1 aliphatic heterocycles. The van der Waals surface area contributed by atoms with Crippen molar-refractivity contribution in [2.75, 3.05) is 7.05 Å². The van der Waals surface area contributed by atoms with Gasteiger partial charge < -0.3 is 15.2 Å². The van der Waals surface area contributed by atoms with E-state index in [1.807, 2.05) is 6.20 Å². The van der Waals surface area contributed by atoms with Crippen LogP contribution in [0, 0.1) is 0 Å². The predicted octanol–water partition coefficient (Wildman–Crippen LogP) is 2.92. The third-order valence-electron chi connectivity index (χ3n) is 3.61. The molecule has 0 spiro atoms. The van der Waals surface area contributed by atoms with E-state index in [1.165, 1.54) is 4.90 Å². The Bertz CT molecular complexity index is 723. The van der Waals surface area contributed by atoms with E-state index in [9.17, 15) is 4.79 Å². The van der Waals surface area contributed by atoms with Crippen LogP contribution < -0.4 is 5.32 Å². The van der Waals surface area contributed by atoms with Crippen molar-refractivity contribution in [2.24, 2.45) is 0 Å². The molecule has 1 amide bonds. The number of aromatic amines is 1. The van der Waals surface area contributed by atoms with Crippen LogP contribution in [0.2, 0.25) is 10.0 Å². The Hall–Kier alpha value is -1.65. The van der Waals surface area contributed by atoms with Gasteiger partial charge in [-0.2, -0.15) is 0 Å². The number of H-pyrrole nitrogens is 1. The maximum absolute atomic E-state index is 12.1. The molecule has 2 heterocycles. The number of halogens is 2. The van der Waals surface area contributed by atoms with Gasteiger partial charge in [-0.05, 0) is 17.7 Å². The number of rotatable bonds is 2. The summed E-state index contributed by atoms with van der Waals surface area (Å²) in [6.07, 6.45) is 2.38. The summed E-state index contributed by atoms with van der Waals surface area (Å²) >= 11 is 12.4. The Morgan fingerprint density at radius 2 is 2.05 bits per heavy atom. The van der Waals surface area contributed by atoms with Crippen LogP contribution in [0.25, 0.3) is 10.9 Å². The van der Waals surface area contributed by atoms with Crippen LogP contribution >= 0.6 is 23.2 Å². The molecule has 1 fully saturated rings. The molecule has 0 aliphatic carbocycles. The molecule has 0 radical (unpaired) electrons. The average Bonchev–Trinajstić information content (AvgIpc) is 2.94. The van der Waals surface area contributed by atoms with E-state index in [2.05, 4.69) is 16.9 Å². The lowest BCUT2D eigenvalue weighted by molar-refractivity contribution is -0.127. The highest BCUT2D eigenvalue weighted by atomic mass is 35.5. The lowest BCUT2D eigenvalue weighted by Gasteiger charge is -2.08. The highest BCUT2D eigenvalue weighted by Crippen LogP contribution is 2.32. The van der Waals surface area contributed by atoms with Crippen molar-refractivity contribution in [1.29, 1.82) is 0 Å². The lowest BCUT2D eigenvalue weighted by atomic mass is 10.0. The molecule has 1 aromatic carbocycles. The van der Waals surface area contributed by atoms with Gasteiger partial charge in [0, 0.05) is 25.1 Å². The van der Waals surface area contributed by atoms with Crippen LogP contribution in [0.4, 0.5) is 0 Å². The standard InChI is InChI=1S/C14H13Cl2N3O/c1-7-18-11(14(20)19(7)2)5-8-6-17-13-10(16)4-3-9(15)12(8)13/h3-4,6,11,17-18H,1,5H2,2H3/t11-/m1/s1. The van der Waals surface area contributed by atoms with Crippen LogP contribution in [0.1, 0.15) is 5.56 Å². The molecule has 1 saturated heterocycles. The van der Waals surface area contributed by atoms with E-state index in [0.29, 0.717) is 22.3 Å². The minimum atomic E-state index is -0.318. The normalized spacial score (nSPS) is 18.9. The van der Waals surface area contributed by atoms with Gasteiger partial charge in [-0.1, -0.05) is 29.8 Å². The quantitative estimate of drug-likeness (QED) is 0.896. The summed E-state index contributed by atoms with van der Waals surface area (Å²) in [5, 5.41) is 5.19. The average molecular weight is 310 g/mol. The Kier molecular flexibility index (Phi) is 3.15. The molecule has 2 aromatic rings. The minimum absolute atomic E-state index is 0.00232. The number of likely N-dealkylation sites (N-methyl/N-ethyl adjacent to an activating group) is 1. The fourth-order valence-electron chi connectivity index (χ4n) is 2.48. The van der Waals surface area contributed by atoms with E-state index >= 15 is 0 Å². The number of benzene rings is 1. The topological polar surface area (TPSA) is 48.1 Å². The first kappa shape index (κ1) is 13.3. The van der Waals surface area contributed by atoms with Crippen molar-refractivity contribution >= 4 is 40.0 Å². The van der Waals surface area contributed by atoms with Crippen LogP contribution in [0.15, 0.2) is 30.7 Å². The Morgan fingerprint density at radius 3 is 2.70 bits per heavy atom. The molecule has 0 saturated carbocycles.